The molecule has 2 N–H and O–H groups in total. The summed E-state index contributed by atoms with van der Waals surface area (Å²) in [6.45, 7) is 4.95. The first-order valence-electron chi connectivity index (χ1n) is 8.31. The number of hydrogen-bond acceptors (Lipinski definition) is 2. The van der Waals surface area contributed by atoms with E-state index in [4.69, 9.17) is 10.5 Å². The molecule has 1 aromatic carbocycles. The quantitative estimate of drug-likeness (QED) is 0.584. The Morgan fingerprint density at radius 2 is 1.81 bits per heavy atom. The van der Waals surface area contributed by atoms with E-state index < -0.39 is 0 Å². The van der Waals surface area contributed by atoms with Crippen LogP contribution in [-0.2, 0) is 4.74 Å². The van der Waals surface area contributed by atoms with Crippen LogP contribution in [0.4, 0.5) is 4.39 Å². The van der Waals surface area contributed by atoms with Gasteiger partial charge < -0.3 is 10.5 Å². The molecular weight excluding hydrogens is 265 g/mol. The Bertz CT molecular complexity index is 383. The van der Waals surface area contributed by atoms with Crippen molar-refractivity contribution in [1.29, 1.82) is 0 Å². The normalized spacial score (nSPS) is 14.1. The van der Waals surface area contributed by atoms with Crippen LogP contribution in [0.3, 0.4) is 0 Å². The van der Waals surface area contributed by atoms with Crippen LogP contribution in [0.2, 0.25) is 0 Å². The van der Waals surface area contributed by atoms with Gasteiger partial charge in [0.25, 0.3) is 0 Å². The van der Waals surface area contributed by atoms with Gasteiger partial charge in [-0.2, -0.15) is 0 Å². The minimum Gasteiger partial charge on any atom is -0.372 e. The lowest BCUT2D eigenvalue weighted by Crippen LogP contribution is -2.30. The predicted molar refractivity (Wildman–Crippen MR) is 86.7 cm³/mol. The Balaban J connectivity index is 2.41. The lowest BCUT2D eigenvalue weighted by atomic mass is 10.0. The Hall–Kier alpha value is -0.930. The summed E-state index contributed by atoms with van der Waals surface area (Å²) < 4.78 is 19.3. The summed E-state index contributed by atoms with van der Waals surface area (Å²) in [5.41, 5.74) is 6.98. The van der Waals surface area contributed by atoms with Gasteiger partial charge in [-0.3, -0.25) is 0 Å². The molecule has 0 saturated carbocycles. The Kier molecular flexibility index (Phi) is 9.27. The van der Waals surface area contributed by atoms with E-state index in [9.17, 15) is 4.39 Å². The second kappa shape index (κ2) is 10.7. The first-order chi connectivity index (χ1) is 10.2. The fraction of sp³-hybridized carbons (Fsp3) is 0.667. The minimum atomic E-state index is -0.232. The summed E-state index contributed by atoms with van der Waals surface area (Å²) >= 11 is 0. The van der Waals surface area contributed by atoms with Crippen molar-refractivity contribution >= 4 is 0 Å². The molecule has 0 bridgehead atoms. The molecule has 0 aliphatic rings. The van der Waals surface area contributed by atoms with Crippen molar-refractivity contribution in [3.8, 4) is 0 Å². The van der Waals surface area contributed by atoms with E-state index in [1.54, 1.807) is 6.07 Å². The average molecular weight is 295 g/mol. The third-order valence-electron chi connectivity index (χ3n) is 3.83. The van der Waals surface area contributed by atoms with E-state index in [2.05, 4.69) is 6.92 Å². The fourth-order valence-electron chi connectivity index (χ4n) is 2.46. The van der Waals surface area contributed by atoms with E-state index in [0.29, 0.717) is 6.61 Å². The van der Waals surface area contributed by atoms with Crippen LogP contribution in [-0.4, -0.2) is 12.6 Å². The zero-order valence-electron chi connectivity index (χ0n) is 13.5. The molecule has 1 aromatic rings. The summed E-state index contributed by atoms with van der Waals surface area (Å²) in [6, 6.07) is 6.50. The van der Waals surface area contributed by atoms with Gasteiger partial charge in [0.15, 0.2) is 0 Å². The summed E-state index contributed by atoms with van der Waals surface area (Å²) in [6.07, 6.45) is 8.00. The number of ether oxygens (including phenoxy) is 1. The molecule has 0 aromatic heterocycles. The number of unbranched alkanes of at least 4 members (excludes halogenated alkanes) is 5. The Labute approximate surface area is 128 Å². The SMILES string of the molecule is CCCCCCCCOC(c1cccc(F)c1)C(N)CC. The molecule has 3 heteroatoms. The van der Waals surface area contributed by atoms with Crippen LogP contribution in [0, 0.1) is 5.82 Å². The smallest absolute Gasteiger partial charge is 0.123 e. The molecule has 0 amide bonds. The summed E-state index contributed by atoms with van der Waals surface area (Å²) in [4.78, 5) is 0. The number of rotatable bonds is 11. The maximum Gasteiger partial charge on any atom is 0.123 e. The number of hydrogen-bond donors (Lipinski definition) is 1. The first-order valence-corrected chi connectivity index (χ1v) is 8.31. The largest absolute Gasteiger partial charge is 0.372 e. The van der Waals surface area contributed by atoms with Gasteiger partial charge in [-0.05, 0) is 30.5 Å². The van der Waals surface area contributed by atoms with Gasteiger partial charge in [-0.15, -0.1) is 0 Å². The van der Waals surface area contributed by atoms with Gasteiger partial charge in [0.2, 0.25) is 0 Å². The number of nitrogens with two attached hydrogens (primary N) is 1. The van der Waals surface area contributed by atoms with Crippen molar-refractivity contribution in [3.63, 3.8) is 0 Å². The fourth-order valence-corrected chi connectivity index (χ4v) is 2.46. The lowest BCUT2D eigenvalue weighted by molar-refractivity contribution is 0.0309. The van der Waals surface area contributed by atoms with Crippen LogP contribution >= 0.6 is 0 Å². The number of benzene rings is 1. The van der Waals surface area contributed by atoms with Crippen LogP contribution in [0.1, 0.15) is 70.5 Å². The molecule has 0 radical (unpaired) electrons. The standard InChI is InChI=1S/C18H30FNO/c1-3-5-6-7-8-9-13-21-18(17(20)4-2)15-11-10-12-16(19)14-15/h10-12,14,17-18H,3-9,13,20H2,1-2H3. The maximum atomic E-state index is 13.4. The van der Waals surface area contributed by atoms with E-state index >= 15 is 0 Å². The van der Waals surface area contributed by atoms with Gasteiger partial charge in [0, 0.05) is 12.6 Å². The topological polar surface area (TPSA) is 35.2 Å². The third kappa shape index (κ3) is 7.05. The van der Waals surface area contributed by atoms with Crippen molar-refractivity contribution in [2.24, 2.45) is 5.73 Å². The highest BCUT2D eigenvalue weighted by molar-refractivity contribution is 5.20. The molecule has 2 atom stereocenters. The summed E-state index contributed by atoms with van der Waals surface area (Å²) in [5.74, 6) is -0.232. The van der Waals surface area contributed by atoms with Gasteiger partial charge >= 0.3 is 0 Å². The molecule has 0 aliphatic heterocycles. The van der Waals surface area contributed by atoms with Gasteiger partial charge in [0.05, 0.1) is 6.10 Å². The lowest BCUT2D eigenvalue weighted by Gasteiger charge is -2.24. The van der Waals surface area contributed by atoms with Crippen LogP contribution in [0.25, 0.3) is 0 Å². The van der Waals surface area contributed by atoms with Crippen molar-refractivity contribution in [2.75, 3.05) is 6.61 Å². The van der Waals surface area contributed by atoms with Crippen LogP contribution in [0.5, 0.6) is 0 Å². The van der Waals surface area contributed by atoms with E-state index in [-0.39, 0.29) is 18.0 Å². The molecule has 0 saturated heterocycles. The molecule has 2 nitrogen and oxygen atoms in total. The third-order valence-corrected chi connectivity index (χ3v) is 3.83. The van der Waals surface area contributed by atoms with E-state index in [0.717, 1.165) is 18.4 Å². The Morgan fingerprint density at radius 1 is 1.10 bits per heavy atom. The molecule has 0 fully saturated rings. The van der Waals surface area contributed by atoms with Gasteiger partial charge in [0.1, 0.15) is 5.82 Å². The molecule has 2 unspecified atom stereocenters. The van der Waals surface area contributed by atoms with Crippen LogP contribution in [0.15, 0.2) is 24.3 Å². The molecule has 0 aliphatic carbocycles. The highest BCUT2D eigenvalue weighted by Gasteiger charge is 2.19. The molecule has 0 heterocycles. The zero-order valence-corrected chi connectivity index (χ0v) is 13.5. The van der Waals surface area contributed by atoms with Crippen molar-refractivity contribution < 1.29 is 9.13 Å². The van der Waals surface area contributed by atoms with Crippen LogP contribution < -0.4 is 5.73 Å². The monoisotopic (exact) mass is 295 g/mol. The predicted octanol–water partition coefficient (Wildman–Crippen LogP) is 4.98. The highest BCUT2D eigenvalue weighted by Crippen LogP contribution is 2.23. The maximum absolute atomic E-state index is 13.4. The number of halogens is 1. The highest BCUT2D eigenvalue weighted by atomic mass is 19.1. The average Bonchev–Trinajstić information content (AvgIpc) is 2.49. The Morgan fingerprint density at radius 3 is 2.48 bits per heavy atom. The second-order valence-corrected chi connectivity index (χ2v) is 5.69. The van der Waals surface area contributed by atoms with E-state index in [1.165, 1.54) is 44.2 Å². The van der Waals surface area contributed by atoms with Crippen molar-refractivity contribution in [1.82, 2.24) is 0 Å². The molecule has 0 spiro atoms. The van der Waals surface area contributed by atoms with Crippen molar-refractivity contribution in [2.45, 2.75) is 70.9 Å². The minimum absolute atomic E-state index is 0.0908. The molecule has 120 valence electrons. The molecular formula is C18H30FNO. The van der Waals surface area contributed by atoms with Gasteiger partial charge in [-0.25, -0.2) is 4.39 Å². The molecule has 1 rings (SSSR count). The molecule has 21 heavy (non-hydrogen) atoms. The summed E-state index contributed by atoms with van der Waals surface area (Å²) in [7, 11) is 0. The van der Waals surface area contributed by atoms with E-state index in [1.807, 2.05) is 13.0 Å². The zero-order chi connectivity index (χ0) is 15.5. The summed E-state index contributed by atoms with van der Waals surface area (Å²) in [5, 5.41) is 0. The first kappa shape index (κ1) is 18.1. The van der Waals surface area contributed by atoms with Crippen molar-refractivity contribution in [3.05, 3.63) is 35.6 Å². The van der Waals surface area contributed by atoms with Gasteiger partial charge in [-0.1, -0.05) is 58.1 Å². The second-order valence-electron chi connectivity index (χ2n) is 5.69.